The minimum absolute atomic E-state index is 0.00268. The van der Waals surface area contributed by atoms with Crippen molar-refractivity contribution in [2.45, 2.75) is 13.8 Å². The average Bonchev–Trinajstić information content (AvgIpc) is 3.16. The lowest BCUT2D eigenvalue weighted by Crippen LogP contribution is -2.10. The largest absolute Gasteiger partial charge is 0.490 e. The van der Waals surface area contributed by atoms with Gasteiger partial charge < -0.3 is 14.2 Å². The van der Waals surface area contributed by atoms with E-state index in [-0.39, 0.29) is 22.9 Å². The molecular weight excluding hydrogens is 505 g/mol. The van der Waals surface area contributed by atoms with E-state index in [9.17, 15) is 14.0 Å². The molecule has 0 fully saturated rings. The lowest BCUT2D eigenvalue weighted by Gasteiger charge is -2.14. The third kappa shape index (κ3) is 5.07. The number of benzene rings is 3. The number of nitrogens with zero attached hydrogens (tertiary/aromatic N) is 1. The Morgan fingerprint density at radius 3 is 2.68 bits per heavy atom. The summed E-state index contributed by atoms with van der Waals surface area (Å²) >= 11 is 3.42. The van der Waals surface area contributed by atoms with Crippen LogP contribution in [0.3, 0.4) is 0 Å². The zero-order chi connectivity index (χ0) is 24.2. The van der Waals surface area contributed by atoms with Gasteiger partial charge in [0.05, 0.1) is 22.2 Å². The van der Waals surface area contributed by atoms with Gasteiger partial charge >= 0.3 is 11.9 Å². The molecule has 3 aromatic carbocycles. The Morgan fingerprint density at radius 1 is 1.15 bits per heavy atom. The molecule has 0 spiro atoms. The highest BCUT2D eigenvalue weighted by molar-refractivity contribution is 9.10. The molecule has 1 aliphatic heterocycles. The third-order valence-corrected chi connectivity index (χ3v) is 5.40. The summed E-state index contributed by atoms with van der Waals surface area (Å²) in [6.45, 7) is 4.00. The number of aliphatic imine (C=N–C) groups is 1. The molecule has 1 aliphatic rings. The molecule has 0 unspecified atom stereocenters. The van der Waals surface area contributed by atoms with Gasteiger partial charge in [-0.25, -0.2) is 19.0 Å². The van der Waals surface area contributed by atoms with E-state index in [2.05, 4.69) is 20.9 Å². The van der Waals surface area contributed by atoms with Crippen LogP contribution in [0.4, 0.5) is 4.39 Å². The monoisotopic (exact) mass is 523 g/mol. The lowest BCUT2D eigenvalue weighted by atomic mass is 10.1. The number of carbonyl (C=O) groups is 2. The maximum atomic E-state index is 14.1. The van der Waals surface area contributed by atoms with E-state index in [1.807, 2.05) is 13.0 Å². The fraction of sp³-hybridized carbons (Fsp3) is 0.115. The van der Waals surface area contributed by atoms with Crippen LogP contribution in [0.2, 0.25) is 0 Å². The van der Waals surface area contributed by atoms with E-state index in [4.69, 9.17) is 14.2 Å². The SMILES string of the molecule is CCOc1cc(/C=C2\N=C(c3ccccc3F)OC2=O)cc(Br)c1OC(=O)c1cccc(C)c1. The van der Waals surface area contributed by atoms with Gasteiger partial charge in [-0.15, -0.1) is 0 Å². The molecule has 6 nitrogen and oxygen atoms in total. The molecule has 4 rings (SSSR count). The maximum absolute atomic E-state index is 14.1. The van der Waals surface area contributed by atoms with Crippen LogP contribution in [0.15, 0.2) is 75.8 Å². The van der Waals surface area contributed by atoms with Crippen LogP contribution >= 0.6 is 15.9 Å². The van der Waals surface area contributed by atoms with Crippen molar-refractivity contribution in [3.05, 3.63) is 98.9 Å². The van der Waals surface area contributed by atoms with E-state index >= 15 is 0 Å². The predicted molar refractivity (Wildman–Crippen MR) is 128 cm³/mol. The van der Waals surface area contributed by atoms with Gasteiger partial charge in [-0.2, -0.15) is 0 Å². The highest BCUT2D eigenvalue weighted by Crippen LogP contribution is 2.38. The highest BCUT2D eigenvalue weighted by Gasteiger charge is 2.26. The Kier molecular flexibility index (Phi) is 6.88. The minimum Gasteiger partial charge on any atom is -0.490 e. The van der Waals surface area contributed by atoms with Crippen molar-refractivity contribution < 1.29 is 28.2 Å². The van der Waals surface area contributed by atoms with E-state index < -0.39 is 17.8 Å². The van der Waals surface area contributed by atoms with E-state index in [0.717, 1.165) is 5.56 Å². The van der Waals surface area contributed by atoms with E-state index in [1.54, 1.807) is 43.3 Å². The van der Waals surface area contributed by atoms with Crippen LogP contribution in [0.5, 0.6) is 11.5 Å². The number of aryl methyl sites for hydroxylation is 1. The molecule has 0 amide bonds. The van der Waals surface area contributed by atoms with Crippen molar-refractivity contribution in [2.24, 2.45) is 4.99 Å². The molecule has 8 heteroatoms. The second kappa shape index (κ2) is 10.0. The summed E-state index contributed by atoms with van der Waals surface area (Å²) < 4.78 is 30.9. The minimum atomic E-state index is -0.706. The Morgan fingerprint density at radius 2 is 1.94 bits per heavy atom. The molecule has 0 radical (unpaired) electrons. The number of hydrogen-bond donors (Lipinski definition) is 0. The molecular formula is C26H19BrFNO5. The number of esters is 2. The molecule has 0 atom stereocenters. The van der Waals surface area contributed by atoms with Gasteiger partial charge in [0.15, 0.2) is 17.2 Å². The van der Waals surface area contributed by atoms with Crippen LogP contribution in [0.25, 0.3) is 6.08 Å². The number of cyclic esters (lactones) is 1. The third-order valence-electron chi connectivity index (χ3n) is 4.81. The van der Waals surface area contributed by atoms with E-state index in [0.29, 0.717) is 28.0 Å². The first-order chi connectivity index (χ1) is 16.4. The number of carbonyl (C=O) groups excluding carboxylic acids is 2. The van der Waals surface area contributed by atoms with Gasteiger partial charge in [0.1, 0.15) is 5.82 Å². The molecule has 1 heterocycles. The molecule has 0 bridgehead atoms. The maximum Gasteiger partial charge on any atom is 0.363 e. The molecule has 0 N–H and O–H groups in total. The summed E-state index contributed by atoms with van der Waals surface area (Å²) in [7, 11) is 0. The number of ether oxygens (including phenoxy) is 3. The molecule has 0 aliphatic carbocycles. The number of rotatable bonds is 6. The van der Waals surface area contributed by atoms with Crippen molar-refractivity contribution in [3.63, 3.8) is 0 Å². The van der Waals surface area contributed by atoms with Gasteiger partial charge in [0.25, 0.3) is 0 Å². The van der Waals surface area contributed by atoms with Crippen molar-refractivity contribution in [2.75, 3.05) is 6.61 Å². The zero-order valence-electron chi connectivity index (χ0n) is 18.3. The van der Waals surface area contributed by atoms with Gasteiger partial charge in [-0.05, 0) is 77.8 Å². The summed E-state index contributed by atoms with van der Waals surface area (Å²) in [6, 6.07) is 16.2. The molecule has 0 saturated heterocycles. The second-order valence-electron chi connectivity index (χ2n) is 7.34. The van der Waals surface area contributed by atoms with Gasteiger partial charge in [0.2, 0.25) is 5.90 Å². The smallest absolute Gasteiger partial charge is 0.363 e. The topological polar surface area (TPSA) is 74.2 Å². The molecule has 3 aromatic rings. The van der Waals surface area contributed by atoms with Crippen molar-refractivity contribution in [1.29, 1.82) is 0 Å². The highest BCUT2D eigenvalue weighted by atomic mass is 79.9. The van der Waals surface area contributed by atoms with Crippen LogP contribution in [0.1, 0.15) is 34.0 Å². The van der Waals surface area contributed by atoms with Crippen molar-refractivity contribution >= 4 is 39.8 Å². The quantitative estimate of drug-likeness (QED) is 0.230. The summed E-state index contributed by atoms with van der Waals surface area (Å²) in [6.07, 6.45) is 1.48. The molecule has 34 heavy (non-hydrogen) atoms. The fourth-order valence-corrected chi connectivity index (χ4v) is 3.81. The second-order valence-corrected chi connectivity index (χ2v) is 8.19. The van der Waals surface area contributed by atoms with Crippen LogP contribution < -0.4 is 9.47 Å². The first kappa shape index (κ1) is 23.4. The average molecular weight is 524 g/mol. The molecule has 0 saturated carbocycles. The van der Waals surface area contributed by atoms with Crippen LogP contribution in [-0.4, -0.2) is 24.4 Å². The molecule has 172 valence electrons. The van der Waals surface area contributed by atoms with Gasteiger partial charge in [-0.3, -0.25) is 0 Å². The van der Waals surface area contributed by atoms with Crippen LogP contribution in [0, 0.1) is 12.7 Å². The zero-order valence-corrected chi connectivity index (χ0v) is 19.9. The Labute approximate surface area is 203 Å². The number of hydrogen-bond acceptors (Lipinski definition) is 6. The summed E-state index contributed by atoms with van der Waals surface area (Å²) in [5.41, 5.74) is 1.96. The van der Waals surface area contributed by atoms with Gasteiger partial charge in [-0.1, -0.05) is 29.8 Å². The Bertz CT molecular complexity index is 1350. The first-order valence-electron chi connectivity index (χ1n) is 10.4. The summed E-state index contributed by atoms with van der Waals surface area (Å²) in [5, 5.41) is 0. The fourth-order valence-electron chi connectivity index (χ4n) is 3.27. The lowest BCUT2D eigenvalue weighted by molar-refractivity contribution is -0.129. The predicted octanol–water partition coefficient (Wildman–Crippen LogP) is 5.86. The molecule has 0 aromatic heterocycles. The summed E-state index contributed by atoms with van der Waals surface area (Å²) in [4.78, 5) is 29.1. The van der Waals surface area contributed by atoms with Crippen molar-refractivity contribution in [3.8, 4) is 11.5 Å². The summed E-state index contributed by atoms with van der Waals surface area (Å²) in [5.74, 6) is -1.38. The van der Waals surface area contributed by atoms with Crippen LogP contribution in [-0.2, 0) is 9.53 Å². The normalized spacial score (nSPS) is 14.1. The van der Waals surface area contributed by atoms with E-state index in [1.165, 1.54) is 24.3 Å². The number of halogens is 2. The Balaban J connectivity index is 1.66. The van der Waals surface area contributed by atoms with Crippen molar-refractivity contribution in [1.82, 2.24) is 0 Å². The first-order valence-corrected chi connectivity index (χ1v) is 11.2. The Hall–Kier alpha value is -3.78. The van der Waals surface area contributed by atoms with Gasteiger partial charge in [0, 0.05) is 0 Å². The standard InChI is InChI=1S/C26H19BrFNO5/c1-3-32-22-14-16(12-19(27)23(22)33-25(30)17-8-6-7-15(2)11-17)13-21-26(31)34-24(29-21)18-9-4-5-10-20(18)28/h4-14H,3H2,1-2H3/b21-13-.